The summed E-state index contributed by atoms with van der Waals surface area (Å²) in [7, 11) is 1.64. The van der Waals surface area contributed by atoms with Crippen molar-refractivity contribution in [2.45, 2.75) is 13.5 Å². The van der Waals surface area contributed by atoms with Crippen molar-refractivity contribution >= 4 is 39.1 Å². The molecule has 0 amide bonds. The zero-order valence-electron chi connectivity index (χ0n) is 12.5. The van der Waals surface area contributed by atoms with Crippen LogP contribution in [0.15, 0.2) is 40.2 Å². The molecule has 116 valence electrons. The maximum atomic E-state index is 12.1. The zero-order valence-corrected chi connectivity index (χ0v) is 14.9. The molecule has 0 aliphatic carbocycles. The van der Waals surface area contributed by atoms with E-state index in [-0.39, 0.29) is 5.78 Å². The number of allylic oxidation sites excluding steroid dienone is 1. The molecule has 1 aromatic heterocycles. The van der Waals surface area contributed by atoms with E-state index in [4.69, 9.17) is 9.47 Å². The van der Waals surface area contributed by atoms with E-state index < -0.39 is 0 Å². The minimum Gasteiger partial charge on any atom is -0.496 e. The molecule has 1 heterocycles. The first-order valence-corrected chi connectivity index (χ1v) is 8.52. The van der Waals surface area contributed by atoms with Crippen LogP contribution < -0.4 is 4.74 Å². The summed E-state index contributed by atoms with van der Waals surface area (Å²) in [4.78, 5) is 12.8. The van der Waals surface area contributed by atoms with Crippen LogP contribution in [0.3, 0.4) is 0 Å². The summed E-state index contributed by atoms with van der Waals surface area (Å²) in [5.74, 6) is 0.789. The fourth-order valence-electron chi connectivity index (χ4n) is 1.92. The van der Waals surface area contributed by atoms with Crippen LogP contribution in [0.25, 0.3) is 6.08 Å². The average Bonchev–Trinajstić information content (AvgIpc) is 2.97. The Kier molecular flexibility index (Phi) is 6.36. The van der Waals surface area contributed by atoms with Gasteiger partial charge in [0, 0.05) is 22.0 Å². The van der Waals surface area contributed by atoms with Gasteiger partial charge >= 0.3 is 0 Å². The first-order valence-electron chi connectivity index (χ1n) is 6.85. The number of methoxy groups -OCH3 is 1. The Labute approximate surface area is 142 Å². The number of ether oxygens (including phenoxy) is 2. The number of halogens is 1. The molecule has 2 rings (SSSR count). The number of ketones is 1. The maximum absolute atomic E-state index is 12.1. The molecule has 0 atom stereocenters. The highest BCUT2D eigenvalue weighted by Gasteiger charge is 2.06. The topological polar surface area (TPSA) is 35.5 Å². The fourth-order valence-corrected chi connectivity index (χ4v) is 3.27. The summed E-state index contributed by atoms with van der Waals surface area (Å²) in [6.45, 7) is 3.09. The van der Waals surface area contributed by atoms with Crippen LogP contribution in [0.2, 0.25) is 0 Å². The number of benzene rings is 1. The van der Waals surface area contributed by atoms with Crippen LogP contribution in [0, 0.1) is 0 Å². The highest BCUT2D eigenvalue weighted by Crippen LogP contribution is 2.23. The zero-order chi connectivity index (χ0) is 15.9. The molecule has 0 unspecified atom stereocenters. The lowest BCUT2D eigenvalue weighted by atomic mass is 10.1. The van der Waals surface area contributed by atoms with Gasteiger partial charge in [-0.2, -0.15) is 0 Å². The van der Waals surface area contributed by atoms with Crippen LogP contribution in [-0.2, 0) is 11.3 Å². The molecule has 0 saturated carbocycles. The second kappa shape index (κ2) is 8.27. The van der Waals surface area contributed by atoms with E-state index >= 15 is 0 Å². The van der Waals surface area contributed by atoms with E-state index in [1.54, 1.807) is 13.2 Å². The van der Waals surface area contributed by atoms with Gasteiger partial charge in [-0.05, 0) is 52.7 Å². The van der Waals surface area contributed by atoms with Crippen LogP contribution in [0.4, 0.5) is 0 Å². The van der Waals surface area contributed by atoms with Crippen molar-refractivity contribution in [3.05, 3.63) is 56.2 Å². The van der Waals surface area contributed by atoms with Crippen LogP contribution in [-0.4, -0.2) is 19.5 Å². The van der Waals surface area contributed by atoms with Crippen molar-refractivity contribution in [3.8, 4) is 5.75 Å². The Balaban J connectivity index is 2.14. The van der Waals surface area contributed by atoms with Gasteiger partial charge in [-0.1, -0.05) is 12.1 Å². The molecule has 2 aromatic rings. The van der Waals surface area contributed by atoms with E-state index in [0.29, 0.717) is 18.1 Å². The Bertz CT molecular complexity index is 676. The standard InChI is InChI=1S/C17H17BrO3S/c1-3-21-10-13-8-12(5-7-16(13)20-2)4-6-15(19)17-9-14(18)11-22-17/h4-9,11H,3,10H2,1-2H3/b6-4+. The summed E-state index contributed by atoms with van der Waals surface area (Å²) in [5, 5.41) is 1.90. The molecule has 0 aliphatic heterocycles. The largest absolute Gasteiger partial charge is 0.496 e. The molecule has 5 heteroatoms. The van der Waals surface area contributed by atoms with Crippen molar-refractivity contribution in [1.29, 1.82) is 0 Å². The molecular weight excluding hydrogens is 364 g/mol. The van der Waals surface area contributed by atoms with Gasteiger partial charge in [0.2, 0.25) is 0 Å². The summed E-state index contributed by atoms with van der Waals surface area (Å²) in [6, 6.07) is 7.61. The normalized spacial score (nSPS) is 11.0. The Hall–Kier alpha value is -1.43. The third-order valence-corrected chi connectivity index (χ3v) is 4.71. The van der Waals surface area contributed by atoms with Crippen molar-refractivity contribution in [3.63, 3.8) is 0 Å². The smallest absolute Gasteiger partial charge is 0.195 e. The average molecular weight is 381 g/mol. The predicted octanol–water partition coefficient (Wildman–Crippen LogP) is 4.95. The lowest BCUT2D eigenvalue weighted by Crippen LogP contribution is -1.97. The molecule has 0 spiro atoms. The lowest BCUT2D eigenvalue weighted by Gasteiger charge is -2.09. The van der Waals surface area contributed by atoms with Gasteiger partial charge in [0.15, 0.2) is 5.78 Å². The number of hydrogen-bond donors (Lipinski definition) is 0. The lowest BCUT2D eigenvalue weighted by molar-refractivity contribution is 0.105. The quantitative estimate of drug-likeness (QED) is 0.503. The molecule has 0 aliphatic rings. The van der Waals surface area contributed by atoms with E-state index in [9.17, 15) is 4.79 Å². The van der Waals surface area contributed by atoms with Crippen LogP contribution in [0.5, 0.6) is 5.75 Å². The third-order valence-electron chi connectivity index (χ3n) is 3.00. The summed E-state index contributed by atoms with van der Waals surface area (Å²) < 4.78 is 11.7. The second-order valence-corrected chi connectivity index (χ2v) is 6.36. The first kappa shape index (κ1) is 16.9. The third kappa shape index (κ3) is 4.53. The monoisotopic (exact) mass is 380 g/mol. The fraction of sp³-hybridized carbons (Fsp3) is 0.235. The molecule has 0 saturated heterocycles. The van der Waals surface area contributed by atoms with Gasteiger partial charge in [0.05, 0.1) is 18.6 Å². The number of hydrogen-bond acceptors (Lipinski definition) is 4. The Morgan fingerprint density at radius 2 is 2.18 bits per heavy atom. The second-order valence-electron chi connectivity index (χ2n) is 4.54. The first-order chi connectivity index (χ1) is 10.6. The molecule has 3 nitrogen and oxygen atoms in total. The Morgan fingerprint density at radius 3 is 2.82 bits per heavy atom. The number of thiophene rings is 1. The van der Waals surface area contributed by atoms with Crippen molar-refractivity contribution < 1.29 is 14.3 Å². The molecule has 0 N–H and O–H groups in total. The molecule has 0 fully saturated rings. The molecule has 1 aromatic carbocycles. The molecular formula is C17H17BrO3S. The van der Waals surface area contributed by atoms with Crippen LogP contribution in [0.1, 0.15) is 27.7 Å². The van der Waals surface area contributed by atoms with Crippen LogP contribution >= 0.6 is 27.3 Å². The minimum absolute atomic E-state index is 0.00197. The SMILES string of the molecule is CCOCc1cc(/C=C/C(=O)c2cc(Br)cs2)ccc1OC. The van der Waals surface area contributed by atoms with Crippen molar-refractivity contribution in [2.24, 2.45) is 0 Å². The number of carbonyl (C=O) groups is 1. The van der Waals surface area contributed by atoms with E-state index in [1.807, 2.05) is 42.6 Å². The number of rotatable bonds is 7. The van der Waals surface area contributed by atoms with Crippen molar-refractivity contribution in [1.82, 2.24) is 0 Å². The van der Waals surface area contributed by atoms with Gasteiger partial charge in [0.1, 0.15) is 5.75 Å². The highest BCUT2D eigenvalue weighted by atomic mass is 79.9. The summed E-state index contributed by atoms with van der Waals surface area (Å²) in [5.41, 5.74) is 1.91. The summed E-state index contributed by atoms with van der Waals surface area (Å²) >= 11 is 4.78. The van der Waals surface area contributed by atoms with E-state index in [2.05, 4.69) is 15.9 Å². The van der Waals surface area contributed by atoms with Gasteiger partial charge in [0.25, 0.3) is 0 Å². The molecule has 0 radical (unpaired) electrons. The number of carbonyl (C=O) groups excluding carboxylic acids is 1. The van der Waals surface area contributed by atoms with E-state index in [0.717, 1.165) is 21.3 Å². The van der Waals surface area contributed by atoms with Gasteiger partial charge in [-0.25, -0.2) is 0 Å². The minimum atomic E-state index is -0.00197. The van der Waals surface area contributed by atoms with Gasteiger partial charge in [-0.15, -0.1) is 11.3 Å². The maximum Gasteiger partial charge on any atom is 0.195 e. The van der Waals surface area contributed by atoms with Crippen molar-refractivity contribution in [2.75, 3.05) is 13.7 Å². The molecule has 0 bridgehead atoms. The molecule has 22 heavy (non-hydrogen) atoms. The summed E-state index contributed by atoms with van der Waals surface area (Å²) in [6.07, 6.45) is 3.40. The Morgan fingerprint density at radius 1 is 1.36 bits per heavy atom. The van der Waals surface area contributed by atoms with Gasteiger partial charge in [-0.3, -0.25) is 4.79 Å². The van der Waals surface area contributed by atoms with E-state index in [1.165, 1.54) is 11.3 Å². The van der Waals surface area contributed by atoms with Gasteiger partial charge < -0.3 is 9.47 Å². The predicted molar refractivity (Wildman–Crippen MR) is 93.7 cm³/mol. The highest BCUT2D eigenvalue weighted by molar-refractivity contribution is 9.10.